The minimum absolute atomic E-state index is 0.138. The van der Waals surface area contributed by atoms with Crippen LogP contribution in [0, 0.1) is 0 Å². The lowest BCUT2D eigenvalue weighted by atomic mass is 10.1. The lowest BCUT2D eigenvalue weighted by Gasteiger charge is -2.04. The van der Waals surface area contributed by atoms with Crippen LogP contribution in [-0.2, 0) is 16.0 Å². The third-order valence-corrected chi connectivity index (χ3v) is 2.27. The van der Waals surface area contributed by atoms with Gasteiger partial charge in [-0.2, -0.15) is 13.2 Å². The van der Waals surface area contributed by atoms with Crippen LogP contribution in [0.2, 0.25) is 0 Å². The number of imidazole rings is 1. The molecule has 0 amide bonds. The molecule has 22 heavy (non-hydrogen) atoms. The van der Waals surface area contributed by atoms with E-state index in [1.807, 2.05) is 0 Å². The largest absolute Gasteiger partial charge is 0.490 e. The van der Waals surface area contributed by atoms with E-state index in [9.17, 15) is 18.0 Å². The van der Waals surface area contributed by atoms with Gasteiger partial charge in [0.25, 0.3) is 0 Å². The number of nitrogens with one attached hydrogen (secondary N) is 1. The Morgan fingerprint density at radius 2 is 1.86 bits per heavy atom. The summed E-state index contributed by atoms with van der Waals surface area (Å²) in [6.07, 6.45) is -2.11. The molecule has 0 radical (unpaired) electrons. The number of fused-ring (bicyclic) bond motifs is 1. The van der Waals surface area contributed by atoms with Crippen LogP contribution < -0.4 is 5.73 Å². The Balaban J connectivity index is 0.000000295. The number of hydrogen-bond donors (Lipinski definition) is 4. The van der Waals surface area contributed by atoms with Crippen molar-refractivity contribution >= 4 is 23.1 Å². The Kier molecular flexibility index (Phi) is 5.34. The molecule has 5 N–H and O–H groups in total. The zero-order valence-electron chi connectivity index (χ0n) is 10.7. The van der Waals surface area contributed by atoms with Crippen molar-refractivity contribution in [2.24, 2.45) is 5.73 Å². The van der Waals surface area contributed by atoms with Crippen molar-refractivity contribution in [2.45, 2.75) is 18.6 Å². The van der Waals surface area contributed by atoms with Crippen LogP contribution in [0.15, 0.2) is 12.7 Å². The first-order chi connectivity index (χ1) is 10.1. The highest BCUT2D eigenvalue weighted by Crippen LogP contribution is 2.13. The number of H-pyrrole nitrogens is 1. The number of carboxylic acid groups (broad SMARTS) is 2. The van der Waals surface area contributed by atoms with E-state index in [0.717, 1.165) is 0 Å². The van der Waals surface area contributed by atoms with Crippen LogP contribution in [0.25, 0.3) is 11.2 Å². The normalized spacial score (nSPS) is 12.4. The van der Waals surface area contributed by atoms with Gasteiger partial charge in [-0.05, 0) is 0 Å². The third-order valence-electron chi connectivity index (χ3n) is 2.27. The van der Waals surface area contributed by atoms with Gasteiger partial charge in [0.1, 0.15) is 17.9 Å². The SMILES string of the molecule is N[C@H](Cc1ncnc2[nH]cnc12)C(=O)O.O=C(O)C(F)(F)F. The predicted molar refractivity (Wildman–Crippen MR) is 64.7 cm³/mol. The monoisotopic (exact) mass is 321 g/mol. The molecule has 0 unspecified atom stereocenters. The number of halogens is 3. The van der Waals surface area contributed by atoms with Crippen molar-refractivity contribution in [1.29, 1.82) is 0 Å². The Morgan fingerprint density at radius 3 is 2.36 bits per heavy atom. The molecule has 0 aromatic carbocycles. The number of rotatable bonds is 3. The third kappa shape index (κ3) is 4.66. The van der Waals surface area contributed by atoms with Crippen LogP contribution >= 0.6 is 0 Å². The number of carboxylic acids is 2. The Labute approximate surface area is 120 Å². The molecule has 0 aliphatic rings. The Hall–Kier alpha value is -2.76. The smallest absolute Gasteiger partial charge is 0.480 e. The molecule has 0 saturated heterocycles. The maximum Gasteiger partial charge on any atom is 0.490 e. The molecular formula is C10H10F3N5O4. The summed E-state index contributed by atoms with van der Waals surface area (Å²) in [6, 6.07) is -0.972. The van der Waals surface area contributed by atoms with Crippen LogP contribution in [0.3, 0.4) is 0 Å². The van der Waals surface area contributed by atoms with Crippen LogP contribution in [-0.4, -0.2) is 54.3 Å². The van der Waals surface area contributed by atoms with Gasteiger partial charge in [0, 0.05) is 6.42 Å². The molecule has 0 saturated carbocycles. The molecule has 2 aromatic heterocycles. The molecule has 2 rings (SSSR count). The van der Waals surface area contributed by atoms with Gasteiger partial charge in [-0.3, -0.25) is 4.79 Å². The fourth-order valence-corrected chi connectivity index (χ4v) is 1.26. The first-order valence-electron chi connectivity index (χ1n) is 5.54. The second-order valence-corrected chi connectivity index (χ2v) is 3.87. The fraction of sp³-hybridized carbons (Fsp3) is 0.300. The predicted octanol–water partition coefficient (Wildman–Crippen LogP) is -0.0594. The lowest BCUT2D eigenvalue weighted by Crippen LogP contribution is -2.32. The van der Waals surface area contributed by atoms with Crippen molar-refractivity contribution in [2.75, 3.05) is 0 Å². The number of carbonyl (C=O) groups is 2. The van der Waals surface area contributed by atoms with Gasteiger partial charge < -0.3 is 20.9 Å². The molecule has 2 aromatic rings. The molecule has 120 valence electrons. The summed E-state index contributed by atoms with van der Waals surface area (Å²) in [7, 11) is 0. The van der Waals surface area contributed by atoms with Crippen molar-refractivity contribution in [3.8, 4) is 0 Å². The number of aromatic nitrogens is 4. The number of aromatic amines is 1. The van der Waals surface area contributed by atoms with Gasteiger partial charge in [-0.15, -0.1) is 0 Å². The molecular weight excluding hydrogens is 311 g/mol. The van der Waals surface area contributed by atoms with E-state index in [1.165, 1.54) is 12.7 Å². The van der Waals surface area contributed by atoms with Crippen molar-refractivity contribution in [3.05, 3.63) is 18.3 Å². The van der Waals surface area contributed by atoms with Crippen molar-refractivity contribution < 1.29 is 33.0 Å². The van der Waals surface area contributed by atoms with Crippen molar-refractivity contribution in [3.63, 3.8) is 0 Å². The molecule has 0 bridgehead atoms. The molecule has 0 fully saturated rings. The number of hydrogen-bond acceptors (Lipinski definition) is 6. The van der Waals surface area contributed by atoms with Crippen molar-refractivity contribution in [1.82, 2.24) is 19.9 Å². The minimum atomic E-state index is -5.08. The van der Waals surface area contributed by atoms with Crippen LogP contribution in [0.1, 0.15) is 5.69 Å². The van der Waals surface area contributed by atoms with Gasteiger partial charge in [-0.25, -0.2) is 19.7 Å². The number of alkyl halides is 3. The zero-order valence-corrected chi connectivity index (χ0v) is 10.7. The van der Waals surface area contributed by atoms with Gasteiger partial charge in [0.05, 0.1) is 12.0 Å². The fourth-order valence-electron chi connectivity index (χ4n) is 1.26. The van der Waals surface area contributed by atoms with Gasteiger partial charge in [-0.1, -0.05) is 0 Å². The average molecular weight is 321 g/mol. The second kappa shape index (κ2) is 6.80. The molecule has 12 heteroatoms. The molecule has 0 aliphatic heterocycles. The van der Waals surface area contributed by atoms with Crippen LogP contribution in [0.5, 0.6) is 0 Å². The van der Waals surface area contributed by atoms with E-state index in [0.29, 0.717) is 16.9 Å². The van der Waals surface area contributed by atoms with E-state index in [-0.39, 0.29) is 6.42 Å². The van der Waals surface area contributed by atoms with Crippen LogP contribution in [0.4, 0.5) is 13.2 Å². The number of nitrogens with two attached hydrogens (primary N) is 1. The highest BCUT2D eigenvalue weighted by atomic mass is 19.4. The number of nitrogens with zero attached hydrogens (tertiary/aromatic N) is 3. The maximum absolute atomic E-state index is 10.6. The van der Waals surface area contributed by atoms with E-state index >= 15 is 0 Å². The summed E-state index contributed by atoms with van der Waals surface area (Å²) < 4.78 is 31.7. The maximum atomic E-state index is 10.6. The Morgan fingerprint density at radius 1 is 1.27 bits per heavy atom. The van der Waals surface area contributed by atoms with Gasteiger partial charge >= 0.3 is 18.1 Å². The lowest BCUT2D eigenvalue weighted by molar-refractivity contribution is -0.192. The van der Waals surface area contributed by atoms with E-state index < -0.39 is 24.2 Å². The quantitative estimate of drug-likeness (QED) is 0.612. The molecule has 1 atom stereocenters. The highest BCUT2D eigenvalue weighted by Gasteiger charge is 2.38. The highest BCUT2D eigenvalue weighted by molar-refractivity contribution is 5.76. The first kappa shape index (κ1) is 17.3. The van der Waals surface area contributed by atoms with Gasteiger partial charge in [0.2, 0.25) is 0 Å². The summed E-state index contributed by atoms with van der Waals surface area (Å²) in [5.41, 5.74) is 7.09. The molecule has 9 nitrogen and oxygen atoms in total. The second-order valence-electron chi connectivity index (χ2n) is 3.87. The minimum Gasteiger partial charge on any atom is -0.480 e. The molecule has 0 spiro atoms. The van der Waals surface area contributed by atoms with E-state index in [2.05, 4.69) is 19.9 Å². The summed E-state index contributed by atoms with van der Waals surface area (Å²) >= 11 is 0. The van der Waals surface area contributed by atoms with Gasteiger partial charge in [0.15, 0.2) is 5.65 Å². The number of aliphatic carboxylic acids is 2. The van der Waals surface area contributed by atoms with E-state index in [4.69, 9.17) is 20.7 Å². The summed E-state index contributed by atoms with van der Waals surface area (Å²) in [5, 5.41) is 15.8. The first-order valence-corrected chi connectivity index (χ1v) is 5.54. The molecule has 2 heterocycles. The van der Waals surface area contributed by atoms with E-state index in [1.54, 1.807) is 0 Å². The summed E-state index contributed by atoms with van der Waals surface area (Å²) in [5.74, 6) is -3.82. The molecule has 0 aliphatic carbocycles. The zero-order chi connectivity index (χ0) is 16.9. The Bertz CT molecular complexity index is 672. The summed E-state index contributed by atoms with van der Waals surface area (Å²) in [4.78, 5) is 34.2. The topological polar surface area (TPSA) is 155 Å². The standard InChI is InChI=1S/C8H9N5O2.C2HF3O2/c9-4(8(14)15)1-5-6-7(12-2-10-5)13-3-11-6;3-2(4,5)1(6)7/h2-4H,1,9H2,(H,14,15)(H,10,11,12,13);(H,6,7)/t4-;/m1./s1. The average Bonchev–Trinajstić information content (AvgIpc) is 2.87. The summed E-state index contributed by atoms with van der Waals surface area (Å²) in [6.45, 7) is 0.